The van der Waals surface area contributed by atoms with Gasteiger partial charge in [0, 0.05) is 5.02 Å². The van der Waals surface area contributed by atoms with E-state index in [0.717, 1.165) is 5.56 Å². The zero-order valence-electron chi connectivity index (χ0n) is 12.9. The predicted molar refractivity (Wildman–Crippen MR) is 95.7 cm³/mol. The smallest absolute Gasteiger partial charge is 0.279 e. The average molecular weight is 412 g/mol. The van der Waals surface area contributed by atoms with Crippen molar-refractivity contribution in [1.82, 2.24) is 10.9 Å². The van der Waals surface area contributed by atoms with Gasteiger partial charge in [-0.1, -0.05) is 41.9 Å². The monoisotopic (exact) mass is 410 g/mol. The van der Waals surface area contributed by atoms with Crippen molar-refractivity contribution < 1.29 is 14.3 Å². The van der Waals surface area contributed by atoms with Gasteiger partial charge in [-0.3, -0.25) is 20.4 Å². The SMILES string of the molecule is CC(Oc1ccc(Cl)cc1Br)C(=O)NNC(=O)Cc1ccccc1. The number of benzene rings is 2. The van der Waals surface area contributed by atoms with E-state index in [4.69, 9.17) is 16.3 Å². The Hall–Kier alpha value is -2.05. The lowest BCUT2D eigenvalue weighted by atomic mass is 10.1. The van der Waals surface area contributed by atoms with Gasteiger partial charge in [-0.15, -0.1) is 0 Å². The first-order valence-corrected chi connectivity index (χ1v) is 8.37. The van der Waals surface area contributed by atoms with Crippen LogP contribution >= 0.6 is 27.5 Å². The van der Waals surface area contributed by atoms with Crippen molar-refractivity contribution in [1.29, 1.82) is 0 Å². The summed E-state index contributed by atoms with van der Waals surface area (Å²) < 4.78 is 6.19. The van der Waals surface area contributed by atoms with Crippen molar-refractivity contribution in [2.45, 2.75) is 19.4 Å². The predicted octanol–water partition coefficient (Wildman–Crippen LogP) is 3.26. The van der Waals surface area contributed by atoms with Crippen LogP contribution in [0.5, 0.6) is 5.75 Å². The van der Waals surface area contributed by atoms with E-state index in [9.17, 15) is 9.59 Å². The molecule has 0 heterocycles. The molecule has 0 fully saturated rings. The van der Waals surface area contributed by atoms with Gasteiger partial charge >= 0.3 is 0 Å². The quantitative estimate of drug-likeness (QED) is 0.742. The molecule has 0 aliphatic rings. The highest BCUT2D eigenvalue weighted by atomic mass is 79.9. The van der Waals surface area contributed by atoms with Crippen LogP contribution in [0.4, 0.5) is 0 Å². The summed E-state index contributed by atoms with van der Waals surface area (Å²) in [7, 11) is 0. The van der Waals surface area contributed by atoms with Gasteiger partial charge in [0.15, 0.2) is 6.10 Å². The molecular formula is C17H16BrClN2O3. The molecule has 0 bridgehead atoms. The molecule has 126 valence electrons. The van der Waals surface area contributed by atoms with Crippen LogP contribution in [0.25, 0.3) is 0 Å². The number of nitrogens with one attached hydrogen (secondary N) is 2. The molecule has 1 atom stereocenters. The molecule has 2 N–H and O–H groups in total. The third kappa shape index (κ3) is 5.54. The van der Waals surface area contributed by atoms with Crippen LogP contribution < -0.4 is 15.6 Å². The van der Waals surface area contributed by atoms with Gasteiger partial charge in [-0.05, 0) is 46.6 Å². The first-order valence-electron chi connectivity index (χ1n) is 7.20. The minimum Gasteiger partial charge on any atom is -0.480 e. The summed E-state index contributed by atoms with van der Waals surface area (Å²) in [5.74, 6) is -0.287. The number of halogens is 2. The molecular weight excluding hydrogens is 396 g/mol. The van der Waals surface area contributed by atoms with Crippen molar-refractivity contribution in [3.63, 3.8) is 0 Å². The van der Waals surface area contributed by atoms with Gasteiger partial charge in [-0.25, -0.2) is 0 Å². The lowest BCUT2D eigenvalue weighted by Gasteiger charge is -2.16. The average Bonchev–Trinajstić information content (AvgIpc) is 2.56. The Balaban J connectivity index is 1.82. The Kier molecular flexibility index (Phi) is 6.63. The second-order valence-electron chi connectivity index (χ2n) is 5.03. The molecule has 2 rings (SSSR count). The summed E-state index contributed by atoms with van der Waals surface area (Å²) in [5.41, 5.74) is 5.58. The van der Waals surface area contributed by atoms with Gasteiger partial charge in [0.1, 0.15) is 5.75 Å². The minimum absolute atomic E-state index is 0.180. The van der Waals surface area contributed by atoms with E-state index in [1.54, 1.807) is 25.1 Å². The summed E-state index contributed by atoms with van der Waals surface area (Å²) in [6, 6.07) is 14.2. The number of rotatable bonds is 5. The summed E-state index contributed by atoms with van der Waals surface area (Å²) in [5, 5.41) is 0.555. The molecule has 0 saturated heterocycles. The largest absolute Gasteiger partial charge is 0.480 e. The maximum Gasteiger partial charge on any atom is 0.279 e. The molecule has 24 heavy (non-hydrogen) atoms. The number of carbonyl (C=O) groups is 2. The van der Waals surface area contributed by atoms with Crippen LogP contribution in [-0.4, -0.2) is 17.9 Å². The highest BCUT2D eigenvalue weighted by Gasteiger charge is 2.16. The Labute approximate surface area is 153 Å². The van der Waals surface area contributed by atoms with Crippen molar-refractivity contribution in [2.75, 3.05) is 0 Å². The number of hydrazine groups is 1. The molecule has 2 aromatic rings. The van der Waals surface area contributed by atoms with E-state index in [0.29, 0.717) is 15.2 Å². The van der Waals surface area contributed by atoms with Gasteiger partial charge in [0.05, 0.1) is 10.9 Å². The molecule has 7 heteroatoms. The van der Waals surface area contributed by atoms with Gasteiger partial charge in [0.2, 0.25) is 5.91 Å². The summed E-state index contributed by atoms with van der Waals surface area (Å²) >= 11 is 9.17. The fourth-order valence-corrected chi connectivity index (χ4v) is 2.65. The summed E-state index contributed by atoms with van der Waals surface area (Å²) in [6.45, 7) is 1.58. The van der Waals surface area contributed by atoms with Crippen molar-refractivity contribution in [3.05, 3.63) is 63.6 Å². The minimum atomic E-state index is -0.792. The molecule has 0 radical (unpaired) electrons. The van der Waals surface area contributed by atoms with Crippen LogP contribution in [0.3, 0.4) is 0 Å². The molecule has 0 aliphatic heterocycles. The topological polar surface area (TPSA) is 67.4 Å². The van der Waals surface area contributed by atoms with Crippen LogP contribution in [0.2, 0.25) is 5.02 Å². The Morgan fingerprint density at radius 1 is 1.17 bits per heavy atom. The highest BCUT2D eigenvalue weighted by molar-refractivity contribution is 9.10. The van der Waals surface area contributed by atoms with Gasteiger partial charge < -0.3 is 4.74 Å². The van der Waals surface area contributed by atoms with Crippen LogP contribution in [0.15, 0.2) is 53.0 Å². The van der Waals surface area contributed by atoms with Gasteiger partial charge in [-0.2, -0.15) is 0 Å². The van der Waals surface area contributed by atoms with Gasteiger partial charge in [0.25, 0.3) is 5.91 Å². The third-order valence-electron chi connectivity index (χ3n) is 3.10. The van der Waals surface area contributed by atoms with Crippen LogP contribution in [-0.2, 0) is 16.0 Å². The second-order valence-corrected chi connectivity index (χ2v) is 6.33. The van der Waals surface area contributed by atoms with E-state index in [2.05, 4.69) is 26.8 Å². The number of carbonyl (C=O) groups excluding carboxylic acids is 2. The van der Waals surface area contributed by atoms with Crippen LogP contribution in [0.1, 0.15) is 12.5 Å². The van der Waals surface area contributed by atoms with Crippen molar-refractivity contribution >= 4 is 39.3 Å². The van der Waals surface area contributed by atoms with E-state index >= 15 is 0 Å². The normalized spacial score (nSPS) is 11.5. The lowest BCUT2D eigenvalue weighted by molar-refractivity contribution is -0.132. The van der Waals surface area contributed by atoms with E-state index in [1.165, 1.54) is 0 Å². The third-order valence-corrected chi connectivity index (χ3v) is 3.95. The summed E-state index contributed by atoms with van der Waals surface area (Å²) in [6.07, 6.45) is -0.612. The fourth-order valence-electron chi connectivity index (χ4n) is 1.87. The maximum absolute atomic E-state index is 12.0. The fraction of sp³-hybridized carbons (Fsp3) is 0.176. The standard InChI is InChI=1S/C17H16BrClN2O3/c1-11(24-15-8-7-13(19)10-14(15)18)17(23)21-20-16(22)9-12-5-3-2-4-6-12/h2-8,10-11H,9H2,1H3,(H,20,22)(H,21,23). The van der Waals surface area contributed by atoms with E-state index < -0.39 is 12.0 Å². The number of ether oxygens (including phenoxy) is 1. The second kappa shape index (κ2) is 8.70. The molecule has 2 amide bonds. The van der Waals surface area contributed by atoms with Crippen molar-refractivity contribution in [2.24, 2.45) is 0 Å². The lowest BCUT2D eigenvalue weighted by Crippen LogP contribution is -2.47. The molecule has 0 aliphatic carbocycles. The Morgan fingerprint density at radius 3 is 2.54 bits per heavy atom. The Bertz CT molecular complexity index is 725. The van der Waals surface area contributed by atoms with E-state index in [-0.39, 0.29) is 12.3 Å². The summed E-state index contributed by atoms with van der Waals surface area (Å²) in [4.78, 5) is 23.8. The van der Waals surface area contributed by atoms with E-state index in [1.807, 2.05) is 30.3 Å². The van der Waals surface area contributed by atoms with Crippen LogP contribution in [0, 0.1) is 0 Å². The molecule has 0 saturated carbocycles. The number of amides is 2. The zero-order chi connectivity index (χ0) is 17.5. The Morgan fingerprint density at radius 2 is 1.88 bits per heavy atom. The molecule has 0 aromatic heterocycles. The molecule has 5 nitrogen and oxygen atoms in total. The number of hydrogen-bond donors (Lipinski definition) is 2. The molecule has 2 aromatic carbocycles. The first kappa shape index (κ1) is 18.3. The maximum atomic E-state index is 12.0. The zero-order valence-corrected chi connectivity index (χ0v) is 15.2. The van der Waals surface area contributed by atoms with Crippen molar-refractivity contribution in [3.8, 4) is 5.75 Å². The molecule has 1 unspecified atom stereocenters. The first-order chi connectivity index (χ1) is 11.5. The highest BCUT2D eigenvalue weighted by Crippen LogP contribution is 2.28. The molecule has 0 spiro atoms. The number of hydrogen-bond acceptors (Lipinski definition) is 3.